The van der Waals surface area contributed by atoms with Gasteiger partial charge in [0.2, 0.25) is 0 Å². The Kier molecular flexibility index (Phi) is 4.38. The third-order valence-electron chi connectivity index (χ3n) is 2.47. The molecule has 1 fully saturated rings. The molecule has 0 radical (unpaired) electrons. The Morgan fingerprint density at radius 3 is 2.84 bits per heavy atom. The summed E-state index contributed by atoms with van der Waals surface area (Å²) in [6, 6.07) is 4.15. The molecule has 0 bridgehead atoms. The van der Waals surface area contributed by atoms with Crippen LogP contribution >= 0.6 is 27.7 Å². The van der Waals surface area contributed by atoms with Crippen LogP contribution in [0.2, 0.25) is 0 Å². The molecule has 0 atom stereocenters. The second-order valence-electron chi connectivity index (χ2n) is 3.79. The lowest BCUT2D eigenvalue weighted by Crippen LogP contribution is -2.33. The Labute approximate surface area is 122 Å². The Morgan fingerprint density at radius 2 is 2.16 bits per heavy atom. The van der Waals surface area contributed by atoms with Crippen molar-refractivity contribution in [3.63, 3.8) is 0 Å². The van der Waals surface area contributed by atoms with Gasteiger partial charge < -0.3 is 5.73 Å². The number of thioether (sulfide) groups is 1. The van der Waals surface area contributed by atoms with Gasteiger partial charge in [-0.25, -0.2) is 4.39 Å². The minimum atomic E-state index is -0.407. The maximum Gasteiger partial charge on any atom is 0.293 e. The molecule has 1 aromatic carbocycles. The van der Waals surface area contributed by atoms with Crippen LogP contribution in [-0.2, 0) is 4.79 Å². The fourth-order valence-corrected chi connectivity index (χ4v) is 2.81. The van der Waals surface area contributed by atoms with Gasteiger partial charge in [0.25, 0.3) is 11.1 Å². The first-order valence-electron chi connectivity index (χ1n) is 5.43. The van der Waals surface area contributed by atoms with Gasteiger partial charge in [-0.1, -0.05) is 15.9 Å². The highest BCUT2D eigenvalue weighted by Crippen LogP contribution is 2.33. The minimum Gasteiger partial charge on any atom is -0.329 e. The Morgan fingerprint density at radius 1 is 1.42 bits per heavy atom. The van der Waals surface area contributed by atoms with Crippen LogP contribution < -0.4 is 5.73 Å². The number of carbonyl (C=O) groups excluding carboxylic acids is 2. The van der Waals surface area contributed by atoms with E-state index >= 15 is 0 Å². The van der Waals surface area contributed by atoms with Crippen LogP contribution in [-0.4, -0.2) is 29.1 Å². The van der Waals surface area contributed by atoms with E-state index in [0.717, 1.165) is 16.7 Å². The zero-order valence-corrected chi connectivity index (χ0v) is 12.1. The summed E-state index contributed by atoms with van der Waals surface area (Å²) < 4.78 is 13.8. The second kappa shape index (κ2) is 5.85. The van der Waals surface area contributed by atoms with Crippen molar-refractivity contribution >= 4 is 44.9 Å². The average molecular weight is 345 g/mol. The smallest absolute Gasteiger partial charge is 0.293 e. The molecule has 1 aliphatic rings. The molecule has 0 saturated carbocycles. The predicted molar refractivity (Wildman–Crippen MR) is 75.8 cm³/mol. The molecule has 1 saturated heterocycles. The fourth-order valence-electron chi connectivity index (χ4n) is 1.59. The summed E-state index contributed by atoms with van der Waals surface area (Å²) in [5, 5.41) is -0.353. The molecule has 4 nitrogen and oxygen atoms in total. The summed E-state index contributed by atoms with van der Waals surface area (Å²) in [4.78, 5) is 24.9. The molecule has 2 N–H and O–H groups in total. The standard InChI is InChI=1S/C12H10BrFN2O2S/c13-9-2-1-8(14)5-7(9)6-10-11(17)16(4-3-15)12(18)19-10/h1-2,5-6H,3-4,15H2/b10-6-. The highest BCUT2D eigenvalue weighted by molar-refractivity contribution is 9.10. The van der Waals surface area contributed by atoms with E-state index in [2.05, 4.69) is 15.9 Å². The van der Waals surface area contributed by atoms with Gasteiger partial charge in [0.15, 0.2) is 0 Å². The number of rotatable bonds is 3. The zero-order chi connectivity index (χ0) is 14.0. The Balaban J connectivity index is 2.32. The van der Waals surface area contributed by atoms with Crippen molar-refractivity contribution in [3.8, 4) is 0 Å². The van der Waals surface area contributed by atoms with Crippen molar-refractivity contribution < 1.29 is 14.0 Å². The lowest BCUT2D eigenvalue weighted by atomic mass is 10.2. The summed E-state index contributed by atoms with van der Waals surface area (Å²) >= 11 is 4.10. The van der Waals surface area contributed by atoms with Gasteiger partial charge in [-0.3, -0.25) is 14.5 Å². The van der Waals surface area contributed by atoms with E-state index in [1.165, 1.54) is 18.2 Å². The van der Waals surface area contributed by atoms with Crippen LogP contribution in [0.3, 0.4) is 0 Å². The van der Waals surface area contributed by atoms with Crippen molar-refractivity contribution in [2.24, 2.45) is 5.73 Å². The van der Waals surface area contributed by atoms with Crippen molar-refractivity contribution in [2.75, 3.05) is 13.1 Å². The summed E-state index contributed by atoms with van der Waals surface area (Å²) in [5.74, 6) is -0.799. The summed E-state index contributed by atoms with van der Waals surface area (Å²) in [5.41, 5.74) is 5.86. The summed E-state index contributed by atoms with van der Waals surface area (Å²) in [7, 11) is 0. The molecule has 2 rings (SSSR count). The van der Waals surface area contributed by atoms with Crippen LogP contribution in [0.25, 0.3) is 6.08 Å². The lowest BCUT2D eigenvalue weighted by molar-refractivity contribution is -0.122. The molecule has 1 aromatic rings. The SMILES string of the molecule is NCCN1C(=O)S/C(=C\c2cc(F)ccc2Br)C1=O. The summed E-state index contributed by atoms with van der Waals surface area (Å²) in [6.45, 7) is 0.404. The molecular weight excluding hydrogens is 335 g/mol. The van der Waals surface area contributed by atoms with Gasteiger partial charge in [0.05, 0.1) is 4.91 Å². The first-order valence-corrected chi connectivity index (χ1v) is 7.04. The van der Waals surface area contributed by atoms with E-state index in [1.807, 2.05) is 0 Å². The van der Waals surface area contributed by atoms with Gasteiger partial charge in [-0.2, -0.15) is 0 Å². The number of carbonyl (C=O) groups is 2. The maximum absolute atomic E-state index is 13.2. The van der Waals surface area contributed by atoms with Crippen LogP contribution in [0, 0.1) is 5.82 Å². The van der Waals surface area contributed by atoms with Crippen molar-refractivity contribution in [3.05, 3.63) is 39.0 Å². The number of halogens is 2. The van der Waals surface area contributed by atoms with E-state index in [-0.39, 0.29) is 23.2 Å². The van der Waals surface area contributed by atoms with Crippen LogP contribution in [0.15, 0.2) is 27.6 Å². The molecule has 0 aliphatic carbocycles. The van der Waals surface area contributed by atoms with E-state index < -0.39 is 11.7 Å². The third-order valence-corrected chi connectivity index (χ3v) is 4.10. The van der Waals surface area contributed by atoms with Crippen molar-refractivity contribution in [1.29, 1.82) is 0 Å². The molecular formula is C12H10BrFN2O2S. The van der Waals surface area contributed by atoms with E-state index in [0.29, 0.717) is 10.0 Å². The predicted octanol–water partition coefficient (Wildman–Crippen LogP) is 2.58. The number of nitrogens with two attached hydrogens (primary N) is 1. The monoisotopic (exact) mass is 344 g/mol. The normalized spacial score (nSPS) is 17.6. The first-order chi connectivity index (χ1) is 9.02. The van der Waals surface area contributed by atoms with Gasteiger partial charge >= 0.3 is 0 Å². The molecule has 1 heterocycles. The molecule has 100 valence electrons. The first kappa shape index (κ1) is 14.2. The van der Waals surface area contributed by atoms with Crippen LogP contribution in [0.5, 0.6) is 0 Å². The van der Waals surface area contributed by atoms with Crippen molar-refractivity contribution in [2.45, 2.75) is 0 Å². The quantitative estimate of drug-likeness (QED) is 0.856. The van der Waals surface area contributed by atoms with Crippen LogP contribution in [0.1, 0.15) is 5.56 Å². The number of hydrogen-bond donors (Lipinski definition) is 1. The van der Waals surface area contributed by atoms with Gasteiger partial charge in [0, 0.05) is 17.6 Å². The highest BCUT2D eigenvalue weighted by Gasteiger charge is 2.34. The lowest BCUT2D eigenvalue weighted by Gasteiger charge is -2.09. The van der Waals surface area contributed by atoms with Gasteiger partial charge in [-0.15, -0.1) is 0 Å². The van der Waals surface area contributed by atoms with Crippen LogP contribution in [0.4, 0.5) is 9.18 Å². The molecule has 19 heavy (non-hydrogen) atoms. The molecule has 2 amide bonds. The largest absolute Gasteiger partial charge is 0.329 e. The Hall–Kier alpha value is -1.18. The van der Waals surface area contributed by atoms with E-state index in [4.69, 9.17) is 5.73 Å². The van der Waals surface area contributed by atoms with Gasteiger partial charge in [0.1, 0.15) is 5.82 Å². The topological polar surface area (TPSA) is 63.4 Å². The molecule has 0 spiro atoms. The Bertz CT molecular complexity index is 577. The minimum absolute atomic E-state index is 0.187. The highest BCUT2D eigenvalue weighted by atomic mass is 79.9. The number of amides is 2. The number of imide groups is 1. The average Bonchev–Trinajstić information content (AvgIpc) is 2.62. The fraction of sp³-hybridized carbons (Fsp3) is 0.167. The number of benzene rings is 1. The second-order valence-corrected chi connectivity index (χ2v) is 5.64. The van der Waals surface area contributed by atoms with E-state index in [1.54, 1.807) is 6.07 Å². The molecule has 1 aliphatic heterocycles. The molecule has 0 aromatic heterocycles. The maximum atomic E-state index is 13.2. The zero-order valence-electron chi connectivity index (χ0n) is 9.73. The summed E-state index contributed by atoms with van der Waals surface area (Å²) in [6.07, 6.45) is 1.49. The molecule has 7 heteroatoms. The molecule has 0 unspecified atom stereocenters. The number of nitrogens with zero attached hydrogens (tertiary/aromatic N) is 1. The van der Waals surface area contributed by atoms with E-state index in [9.17, 15) is 14.0 Å². The van der Waals surface area contributed by atoms with Crippen molar-refractivity contribution in [1.82, 2.24) is 4.90 Å². The number of hydrogen-bond acceptors (Lipinski definition) is 4. The third kappa shape index (κ3) is 3.05. The van der Waals surface area contributed by atoms with Gasteiger partial charge in [-0.05, 0) is 41.6 Å².